The predicted octanol–water partition coefficient (Wildman–Crippen LogP) is 2.47. The normalized spacial score (nSPS) is 11.5. The molecule has 0 aromatic carbocycles. The number of nitrogens with two attached hydrogens (primary N) is 1. The Kier molecular flexibility index (Phi) is 3.61. The average Bonchev–Trinajstić information content (AvgIpc) is 3.22. The van der Waals surface area contributed by atoms with Crippen molar-refractivity contribution in [3.63, 3.8) is 0 Å². The third-order valence-corrected chi connectivity index (χ3v) is 4.41. The zero-order valence-electron chi connectivity index (χ0n) is 14.8. The van der Waals surface area contributed by atoms with E-state index < -0.39 is 5.91 Å². The van der Waals surface area contributed by atoms with Crippen molar-refractivity contribution in [2.45, 2.75) is 19.9 Å². The standard InChI is InChI=1S/C18H19N7O/c1-10(2)24-9-12(11-5-4-6-21-17(11)24)13-7-14(20-3)18-22-8-15(16(19)26)25(18)23-13/h4-10,20H,1-3H3,(H2,19,26). The topological polar surface area (TPSA) is 103 Å². The molecule has 8 nitrogen and oxygen atoms in total. The monoisotopic (exact) mass is 349 g/mol. The second-order valence-electron chi connectivity index (χ2n) is 6.35. The number of nitrogens with one attached hydrogen (secondary N) is 1. The lowest BCUT2D eigenvalue weighted by molar-refractivity contribution is 0.0993. The molecule has 8 heteroatoms. The number of nitrogens with zero attached hydrogens (tertiary/aromatic N) is 5. The number of hydrogen-bond acceptors (Lipinski definition) is 5. The van der Waals surface area contributed by atoms with E-state index in [0.29, 0.717) is 11.3 Å². The maximum atomic E-state index is 11.7. The summed E-state index contributed by atoms with van der Waals surface area (Å²) < 4.78 is 3.59. The van der Waals surface area contributed by atoms with Crippen LogP contribution in [0.3, 0.4) is 0 Å². The molecular formula is C18H19N7O. The van der Waals surface area contributed by atoms with Gasteiger partial charge in [-0.15, -0.1) is 0 Å². The predicted molar refractivity (Wildman–Crippen MR) is 100 cm³/mol. The van der Waals surface area contributed by atoms with Crippen LogP contribution in [0.15, 0.2) is 36.8 Å². The van der Waals surface area contributed by atoms with E-state index >= 15 is 0 Å². The lowest BCUT2D eigenvalue weighted by Gasteiger charge is -2.08. The minimum absolute atomic E-state index is 0.240. The van der Waals surface area contributed by atoms with E-state index in [9.17, 15) is 4.79 Å². The van der Waals surface area contributed by atoms with Gasteiger partial charge in [-0.3, -0.25) is 4.79 Å². The highest BCUT2D eigenvalue weighted by Crippen LogP contribution is 2.32. The smallest absolute Gasteiger partial charge is 0.269 e. The number of rotatable bonds is 4. The molecular weight excluding hydrogens is 330 g/mol. The first-order valence-electron chi connectivity index (χ1n) is 8.33. The molecule has 0 fully saturated rings. The molecule has 0 saturated carbocycles. The summed E-state index contributed by atoms with van der Waals surface area (Å²) in [6, 6.07) is 6.09. The summed E-state index contributed by atoms with van der Waals surface area (Å²) >= 11 is 0. The first-order valence-corrected chi connectivity index (χ1v) is 8.33. The molecule has 0 unspecified atom stereocenters. The first-order chi connectivity index (χ1) is 12.5. The van der Waals surface area contributed by atoms with Gasteiger partial charge in [0.05, 0.1) is 17.6 Å². The summed E-state index contributed by atoms with van der Waals surface area (Å²) in [4.78, 5) is 20.5. The molecule has 0 spiro atoms. The van der Waals surface area contributed by atoms with E-state index in [2.05, 4.69) is 38.8 Å². The molecule has 4 heterocycles. The van der Waals surface area contributed by atoms with Crippen LogP contribution >= 0.6 is 0 Å². The van der Waals surface area contributed by atoms with Gasteiger partial charge in [-0.1, -0.05) is 0 Å². The highest BCUT2D eigenvalue weighted by Gasteiger charge is 2.18. The Labute approximate surface area is 149 Å². The zero-order chi connectivity index (χ0) is 18.4. The Balaban J connectivity index is 2.05. The highest BCUT2D eigenvalue weighted by molar-refractivity contribution is 5.95. The molecule has 4 aromatic rings. The third-order valence-electron chi connectivity index (χ3n) is 4.41. The van der Waals surface area contributed by atoms with Crippen LogP contribution in [0.2, 0.25) is 0 Å². The third kappa shape index (κ3) is 2.30. The summed E-state index contributed by atoms with van der Waals surface area (Å²) in [5, 5.41) is 8.74. The van der Waals surface area contributed by atoms with Crippen LogP contribution in [-0.4, -0.2) is 37.1 Å². The van der Waals surface area contributed by atoms with Gasteiger partial charge in [0.1, 0.15) is 11.3 Å². The Morgan fingerprint density at radius 1 is 1.27 bits per heavy atom. The lowest BCUT2D eigenvalue weighted by Crippen LogP contribution is -2.15. The van der Waals surface area contributed by atoms with Gasteiger partial charge in [-0.25, -0.2) is 14.5 Å². The van der Waals surface area contributed by atoms with Crippen molar-refractivity contribution in [2.24, 2.45) is 5.73 Å². The fourth-order valence-corrected chi connectivity index (χ4v) is 3.13. The van der Waals surface area contributed by atoms with E-state index in [4.69, 9.17) is 5.73 Å². The van der Waals surface area contributed by atoms with Crippen molar-refractivity contribution in [1.29, 1.82) is 0 Å². The van der Waals surface area contributed by atoms with E-state index in [1.165, 1.54) is 10.7 Å². The number of aromatic nitrogens is 5. The summed E-state index contributed by atoms with van der Waals surface area (Å²) in [5.41, 5.74) is 9.55. The Morgan fingerprint density at radius 2 is 2.08 bits per heavy atom. The van der Waals surface area contributed by atoms with Gasteiger partial charge < -0.3 is 15.6 Å². The Hall–Kier alpha value is -3.42. The molecule has 4 rings (SSSR count). The summed E-state index contributed by atoms with van der Waals surface area (Å²) in [7, 11) is 1.80. The van der Waals surface area contributed by atoms with Crippen LogP contribution in [0, 0.1) is 0 Å². The van der Waals surface area contributed by atoms with E-state index in [-0.39, 0.29) is 11.7 Å². The van der Waals surface area contributed by atoms with Crippen molar-refractivity contribution >= 4 is 28.3 Å². The second kappa shape index (κ2) is 5.83. The SMILES string of the molecule is CNc1cc(-c2cn(C(C)C)c3ncccc23)nn2c(C(N)=O)cnc12. The number of fused-ring (bicyclic) bond motifs is 2. The minimum Gasteiger partial charge on any atom is -0.385 e. The van der Waals surface area contributed by atoms with Gasteiger partial charge in [-0.05, 0) is 32.0 Å². The number of imidazole rings is 1. The van der Waals surface area contributed by atoms with Crippen LogP contribution in [0.25, 0.3) is 27.9 Å². The average molecular weight is 349 g/mol. The fourth-order valence-electron chi connectivity index (χ4n) is 3.13. The van der Waals surface area contributed by atoms with Gasteiger partial charge >= 0.3 is 0 Å². The van der Waals surface area contributed by atoms with E-state index in [1.807, 2.05) is 24.4 Å². The fraction of sp³-hybridized carbons (Fsp3) is 0.222. The van der Waals surface area contributed by atoms with E-state index in [1.54, 1.807) is 13.2 Å². The lowest BCUT2D eigenvalue weighted by atomic mass is 10.1. The largest absolute Gasteiger partial charge is 0.385 e. The van der Waals surface area contributed by atoms with Crippen LogP contribution in [0.4, 0.5) is 5.69 Å². The molecule has 1 amide bonds. The second-order valence-corrected chi connectivity index (χ2v) is 6.35. The molecule has 0 aliphatic heterocycles. The molecule has 0 aliphatic rings. The maximum Gasteiger partial charge on any atom is 0.269 e. The van der Waals surface area contributed by atoms with Gasteiger partial charge in [0.25, 0.3) is 5.91 Å². The molecule has 0 atom stereocenters. The van der Waals surface area contributed by atoms with Gasteiger partial charge in [0.15, 0.2) is 5.65 Å². The van der Waals surface area contributed by atoms with Crippen LogP contribution in [0.5, 0.6) is 0 Å². The van der Waals surface area contributed by atoms with Crippen molar-refractivity contribution in [3.05, 3.63) is 42.5 Å². The van der Waals surface area contributed by atoms with Gasteiger partial charge in [0.2, 0.25) is 0 Å². The van der Waals surface area contributed by atoms with Gasteiger partial charge in [0, 0.05) is 36.4 Å². The molecule has 3 N–H and O–H groups in total. The molecule has 0 radical (unpaired) electrons. The quantitative estimate of drug-likeness (QED) is 0.589. The summed E-state index contributed by atoms with van der Waals surface area (Å²) in [6.45, 7) is 4.21. The van der Waals surface area contributed by atoms with Gasteiger partial charge in [-0.2, -0.15) is 5.10 Å². The number of anilines is 1. The summed E-state index contributed by atoms with van der Waals surface area (Å²) in [5.74, 6) is -0.574. The Morgan fingerprint density at radius 3 is 2.77 bits per heavy atom. The molecule has 4 aromatic heterocycles. The van der Waals surface area contributed by atoms with Crippen LogP contribution < -0.4 is 11.1 Å². The number of pyridine rings is 1. The molecule has 26 heavy (non-hydrogen) atoms. The first kappa shape index (κ1) is 16.1. The Bertz CT molecular complexity index is 1140. The molecule has 0 aliphatic carbocycles. The molecule has 0 saturated heterocycles. The van der Waals surface area contributed by atoms with Crippen LogP contribution in [-0.2, 0) is 0 Å². The number of carbonyl (C=O) groups excluding carboxylic acids is 1. The maximum absolute atomic E-state index is 11.7. The van der Waals surface area contributed by atoms with E-state index in [0.717, 1.165) is 22.3 Å². The number of primary amides is 1. The number of carbonyl (C=O) groups is 1. The molecule has 0 bridgehead atoms. The summed E-state index contributed by atoms with van der Waals surface area (Å²) in [6.07, 6.45) is 5.26. The van der Waals surface area contributed by atoms with Crippen LogP contribution in [0.1, 0.15) is 30.4 Å². The number of hydrogen-bond donors (Lipinski definition) is 2. The van der Waals surface area contributed by atoms with Crippen molar-refractivity contribution < 1.29 is 4.79 Å². The number of amides is 1. The van der Waals surface area contributed by atoms with Crippen molar-refractivity contribution in [3.8, 4) is 11.3 Å². The van der Waals surface area contributed by atoms with Crippen molar-refractivity contribution in [2.75, 3.05) is 12.4 Å². The molecule has 132 valence electrons. The zero-order valence-corrected chi connectivity index (χ0v) is 14.8. The highest BCUT2D eigenvalue weighted by atomic mass is 16.1. The minimum atomic E-state index is -0.574. The van der Waals surface area contributed by atoms with Crippen molar-refractivity contribution in [1.82, 2.24) is 24.1 Å².